The highest BCUT2D eigenvalue weighted by molar-refractivity contribution is 6.58. The summed E-state index contributed by atoms with van der Waals surface area (Å²) in [4.78, 5) is 0. The first kappa shape index (κ1) is 20.1. The minimum Gasteiger partial charge on any atom is -0.385 e. The van der Waals surface area contributed by atoms with Gasteiger partial charge in [-0.25, -0.2) is 4.39 Å². The monoisotopic (exact) mass is 376 g/mol. The molecule has 0 N–H and O–H groups in total. The summed E-state index contributed by atoms with van der Waals surface area (Å²) in [5.41, 5.74) is 1.30. The molecule has 3 heteroatoms. The lowest BCUT2D eigenvalue weighted by molar-refractivity contribution is 0.185. The van der Waals surface area contributed by atoms with E-state index in [-0.39, 0.29) is 5.82 Å². The first-order valence-corrected chi connectivity index (χ1v) is 13.4. The van der Waals surface area contributed by atoms with Gasteiger partial charge in [0.05, 0.1) is 0 Å². The summed E-state index contributed by atoms with van der Waals surface area (Å²) in [5.74, 6) is 2.84. The molecule has 2 aliphatic rings. The fourth-order valence-corrected chi connectivity index (χ4v) is 8.84. The molecule has 1 saturated carbocycles. The Balaban J connectivity index is 1.32. The van der Waals surface area contributed by atoms with Crippen molar-refractivity contribution in [3.05, 3.63) is 35.6 Å². The van der Waals surface area contributed by atoms with E-state index in [2.05, 4.69) is 0 Å². The number of hydrogen-bond acceptors (Lipinski definition) is 1. The van der Waals surface area contributed by atoms with E-state index in [4.69, 9.17) is 4.74 Å². The van der Waals surface area contributed by atoms with Gasteiger partial charge in [-0.15, -0.1) is 0 Å². The Morgan fingerprint density at radius 2 is 1.62 bits per heavy atom. The molecule has 0 radical (unpaired) electrons. The fourth-order valence-electron chi connectivity index (χ4n) is 5.43. The van der Waals surface area contributed by atoms with Gasteiger partial charge in [-0.05, 0) is 67.6 Å². The van der Waals surface area contributed by atoms with Crippen molar-refractivity contribution in [2.45, 2.75) is 75.9 Å². The highest BCUT2D eigenvalue weighted by Crippen LogP contribution is 2.41. The van der Waals surface area contributed by atoms with Crippen molar-refractivity contribution >= 4 is 8.80 Å². The van der Waals surface area contributed by atoms with Crippen LogP contribution >= 0.6 is 0 Å². The number of rotatable bonds is 8. The van der Waals surface area contributed by atoms with Crippen LogP contribution in [-0.4, -0.2) is 22.5 Å². The average Bonchev–Trinajstić information content (AvgIpc) is 2.69. The molecule has 1 saturated heterocycles. The topological polar surface area (TPSA) is 9.23 Å². The second-order valence-electron chi connectivity index (χ2n) is 8.86. The Kier molecular flexibility index (Phi) is 8.19. The third kappa shape index (κ3) is 6.19. The van der Waals surface area contributed by atoms with Gasteiger partial charge in [0.15, 0.2) is 0 Å². The van der Waals surface area contributed by atoms with E-state index >= 15 is 0 Å². The van der Waals surface area contributed by atoms with Crippen LogP contribution in [0.5, 0.6) is 0 Å². The van der Waals surface area contributed by atoms with Crippen molar-refractivity contribution in [3.63, 3.8) is 0 Å². The van der Waals surface area contributed by atoms with Crippen LogP contribution in [0.2, 0.25) is 18.1 Å². The van der Waals surface area contributed by atoms with Crippen LogP contribution in [0.15, 0.2) is 24.3 Å². The van der Waals surface area contributed by atoms with Crippen molar-refractivity contribution < 1.29 is 9.13 Å². The number of benzene rings is 1. The van der Waals surface area contributed by atoms with Gasteiger partial charge in [0.25, 0.3) is 0 Å². The summed E-state index contributed by atoms with van der Waals surface area (Å²) in [6.45, 7) is 0.967. The predicted molar refractivity (Wildman–Crippen MR) is 111 cm³/mol. The average molecular weight is 377 g/mol. The highest BCUT2D eigenvalue weighted by atomic mass is 28.3. The van der Waals surface area contributed by atoms with Crippen molar-refractivity contribution in [2.75, 3.05) is 13.7 Å². The number of halogens is 1. The van der Waals surface area contributed by atoms with Gasteiger partial charge in [-0.2, -0.15) is 0 Å². The molecule has 2 fully saturated rings. The van der Waals surface area contributed by atoms with Gasteiger partial charge in [0.1, 0.15) is 5.82 Å². The van der Waals surface area contributed by atoms with Crippen molar-refractivity contribution in [1.29, 1.82) is 0 Å². The van der Waals surface area contributed by atoms with Crippen molar-refractivity contribution in [2.24, 2.45) is 17.8 Å². The fraction of sp³-hybridized carbons (Fsp3) is 0.739. The van der Waals surface area contributed by atoms with Crippen LogP contribution in [0.1, 0.15) is 56.9 Å². The maximum atomic E-state index is 13.0. The third-order valence-electron chi connectivity index (χ3n) is 7.16. The quantitative estimate of drug-likeness (QED) is 0.385. The number of aryl methyl sites for hydroxylation is 1. The van der Waals surface area contributed by atoms with Gasteiger partial charge in [-0.3, -0.25) is 0 Å². The first-order chi connectivity index (χ1) is 12.7. The molecule has 0 atom stereocenters. The van der Waals surface area contributed by atoms with Crippen LogP contribution in [0.3, 0.4) is 0 Å². The standard InChI is InChI=1S/C23H37FOSi/c1-25-15-2-16-26-17-13-22(14-18-26)21-9-5-19(6-10-21)3-4-20-7-11-23(24)12-8-20/h7-8,11-12,19,21-22,26H,2-6,9-10,13-18H2,1H3. The molecular formula is C23H37FOSi. The van der Waals surface area contributed by atoms with Crippen LogP contribution in [0, 0.1) is 23.6 Å². The summed E-state index contributed by atoms with van der Waals surface area (Å²) in [7, 11) is 1.41. The SMILES string of the molecule is COCCC[SiH]1CCC(C2CCC(CCc3ccc(F)cc3)CC2)CC1. The maximum absolute atomic E-state index is 13.0. The Morgan fingerprint density at radius 1 is 0.962 bits per heavy atom. The number of ether oxygens (including phenoxy) is 1. The lowest BCUT2D eigenvalue weighted by atomic mass is 9.73. The molecule has 26 heavy (non-hydrogen) atoms. The van der Waals surface area contributed by atoms with Gasteiger partial charge < -0.3 is 4.74 Å². The predicted octanol–water partition coefficient (Wildman–Crippen LogP) is 6.24. The molecule has 0 unspecified atom stereocenters. The highest BCUT2D eigenvalue weighted by Gasteiger charge is 2.30. The number of methoxy groups -OCH3 is 1. The Bertz CT molecular complexity index is 501. The summed E-state index contributed by atoms with van der Waals surface area (Å²) < 4.78 is 18.2. The molecule has 1 aromatic rings. The summed E-state index contributed by atoms with van der Waals surface area (Å²) in [6.07, 6.45) is 12.6. The summed E-state index contributed by atoms with van der Waals surface area (Å²) in [5, 5.41) is 0. The molecule has 1 aliphatic carbocycles. The van der Waals surface area contributed by atoms with E-state index in [0.29, 0.717) is 0 Å². The lowest BCUT2D eigenvalue weighted by Crippen LogP contribution is -2.28. The normalized spacial score (nSPS) is 29.6. The maximum Gasteiger partial charge on any atom is 0.123 e. The molecule has 1 heterocycles. The summed E-state index contributed by atoms with van der Waals surface area (Å²) in [6, 6.07) is 11.8. The number of hydrogen-bond donors (Lipinski definition) is 0. The molecule has 1 nitrogen and oxygen atoms in total. The Morgan fingerprint density at radius 3 is 2.27 bits per heavy atom. The molecule has 0 spiro atoms. The molecule has 146 valence electrons. The molecular weight excluding hydrogens is 339 g/mol. The zero-order chi connectivity index (χ0) is 18.2. The van der Waals surface area contributed by atoms with Crippen molar-refractivity contribution in [3.8, 4) is 0 Å². The van der Waals surface area contributed by atoms with E-state index in [9.17, 15) is 4.39 Å². The van der Waals surface area contributed by atoms with E-state index < -0.39 is 8.80 Å². The molecule has 1 aromatic carbocycles. The smallest absolute Gasteiger partial charge is 0.123 e. The summed E-state index contributed by atoms with van der Waals surface area (Å²) >= 11 is 0. The minimum absolute atomic E-state index is 0.120. The zero-order valence-corrected chi connectivity index (χ0v) is 17.8. The lowest BCUT2D eigenvalue weighted by Gasteiger charge is -2.37. The van der Waals surface area contributed by atoms with E-state index in [1.807, 2.05) is 19.2 Å². The van der Waals surface area contributed by atoms with Gasteiger partial charge in [0, 0.05) is 22.5 Å². The third-order valence-corrected chi connectivity index (χ3v) is 10.7. The first-order valence-electron chi connectivity index (χ1n) is 11.0. The van der Waals surface area contributed by atoms with Crippen LogP contribution in [0.4, 0.5) is 4.39 Å². The van der Waals surface area contributed by atoms with Gasteiger partial charge in [0.2, 0.25) is 0 Å². The second-order valence-corrected chi connectivity index (χ2v) is 12.3. The van der Waals surface area contributed by atoms with E-state index in [1.165, 1.54) is 63.0 Å². The minimum atomic E-state index is -0.419. The molecule has 0 amide bonds. The van der Waals surface area contributed by atoms with E-state index in [0.717, 1.165) is 30.8 Å². The molecule has 3 rings (SSSR count). The Labute approximate surface area is 161 Å². The molecule has 0 bridgehead atoms. The van der Waals surface area contributed by atoms with Crippen molar-refractivity contribution in [1.82, 2.24) is 0 Å². The van der Waals surface area contributed by atoms with Crippen LogP contribution in [0.25, 0.3) is 0 Å². The largest absolute Gasteiger partial charge is 0.385 e. The second kappa shape index (κ2) is 10.6. The van der Waals surface area contributed by atoms with E-state index in [1.54, 1.807) is 24.2 Å². The molecule has 1 aliphatic heterocycles. The van der Waals surface area contributed by atoms with Crippen LogP contribution < -0.4 is 0 Å². The zero-order valence-electron chi connectivity index (χ0n) is 16.6. The van der Waals surface area contributed by atoms with Crippen LogP contribution in [-0.2, 0) is 11.2 Å². The van der Waals surface area contributed by atoms with Gasteiger partial charge in [-0.1, -0.05) is 55.9 Å². The molecule has 0 aromatic heterocycles. The van der Waals surface area contributed by atoms with Gasteiger partial charge >= 0.3 is 0 Å². The Hall–Kier alpha value is -0.673.